The minimum Gasteiger partial charge on any atom is -0.497 e. The van der Waals surface area contributed by atoms with E-state index in [0.29, 0.717) is 33.8 Å². The van der Waals surface area contributed by atoms with Gasteiger partial charge in [0, 0.05) is 11.3 Å². The van der Waals surface area contributed by atoms with Gasteiger partial charge >= 0.3 is 0 Å². The Morgan fingerprint density at radius 1 is 0.968 bits per heavy atom. The van der Waals surface area contributed by atoms with Gasteiger partial charge in [-0.05, 0) is 43.7 Å². The van der Waals surface area contributed by atoms with Crippen molar-refractivity contribution in [3.05, 3.63) is 64.2 Å². The second-order valence-corrected chi connectivity index (χ2v) is 7.20. The number of fused-ring (bicyclic) bond motifs is 2. The summed E-state index contributed by atoms with van der Waals surface area (Å²) in [4.78, 5) is 22.7. The summed E-state index contributed by atoms with van der Waals surface area (Å²) in [5.41, 5.74) is 4.81. The molecule has 0 spiro atoms. The monoisotopic (exact) mass is 416 g/mol. The molecule has 3 heterocycles. The van der Waals surface area contributed by atoms with Crippen molar-refractivity contribution in [1.29, 1.82) is 0 Å². The van der Waals surface area contributed by atoms with Crippen LogP contribution in [0.4, 0.5) is 0 Å². The van der Waals surface area contributed by atoms with Gasteiger partial charge < -0.3 is 13.9 Å². The zero-order valence-electron chi connectivity index (χ0n) is 17.5. The second-order valence-electron chi connectivity index (χ2n) is 7.20. The van der Waals surface area contributed by atoms with Crippen LogP contribution in [0.25, 0.3) is 39.3 Å². The molecule has 0 radical (unpaired) electrons. The first-order valence-electron chi connectivity index (χ1n) is 9.72. The molecule has 0 aliphatic carbocycles. The predicted octanol–water partition coefficient (Wildman–Crippen LogP) is 4.13. The number of H-pyrrole nitrogens is 1. The van der Waals surface area contributed by atoms with Gasteiger partial charge in [0.05, 0.1) is 19.9 Å². The molecule has 0 amide bonds. The molecular weight excluding hydrogens is 396 g/mol. The average Bonchev–Trinajstić information content (AvgIpc) is 3.34. The van der Waals surface area contributed by atoms with Gasteiger partial charge in [-0.1, -0.05) is 18.2 Å². The van der Waals surface area contributed by atoms with Gasteiger partial charge in [-0.25, -0.2) is 14.5 Å². The Hall–Kier alpha value is -4.07. The van der Waals surface area contributed by atoms with Crippen LogP contribution in [0, 0.1) is 13.8 Å². The van der Waals surface area contributed by atoms with Crippen molar-refractivity contribution >= 4 is 16.7 Å². The number of ether oxygens (including phenoxy) is 2. The zero-order valence-corrected chi connectivity index (χ0v) is 17.5. The van der Waals surface area contributed by atoms with E-state index in [9.17, 15) is 4.79 Å². The van der Waals surface area contributed by atoms with Crippen molar-refractivity contribution in [3.63, 3.8) is 0 Å². The van der Waals surface area contributed by atoms with Crippen LogP contribution in [-0.4, -0.2) is 33.8 Å². The van der Waals surface area contributed by atoms with Crippen LogP contribution in [-0.2, 0) is 0 Å². The fraction of sp³-hybridized carbons (Fsp3) is 0.174. The first-order chi connectivity index (χ1) is 15.0. The Labute approximate surface area is 177 Å². The highest BCUT2D eigenvalue weighted by Gasteiger charge is 2.22. The molecule has 156 valence electrons. The number of aromatic nitrogens is 4. The van der Waals surface area contributed by atoms with Gasteiger partial charge in [0.1, 0.15) is 17.1 Å². The maximum absolute atomic E-state index is 13.4. The molecular formula is C23H20N4O4. The molecule has 8 heteroatoms. The molecule has 3 aromatic heterocycles. The third-order valence-corrected chi connectivity index (χ3v) is 5.34. The number of methoxy groups -OCH3 is 2. The van der Waals surface area contributed by atoms with Crippen molar-refractivity contribution in [1.82, 2.24) is 19.6 Å². The van der Waals surface area contributed by atoms with Crippen LogP contribution >= 0.6 is 0 Å². The third kappa shape index (κ3) is 2.87. The quantitative estimate of drug-likeness (QED) is 0.473. The first kappa shape index (κ1) is 18.9. The van der Waals surface area contributed by atoms with Gasteiger partial charge in [-0.2, -0.15) is 0 Å². The molecule has 0 fully saturated rings. The molecule has 0 saturated carbocycles. The summed E-state index contributed by atoms with van der Waals surface area (Å²) in [6.07, 6.45) is 0. The molecule has 0 bridgehead atoms. The molecule has 1 N–H and O–H groups in total. The number of hydrogen-bond acceptors (Lipinski definition) is 6. The second kappa shape index (κ2) is 7.02. The van der Waals surface area contributed by atoms with Gasteiger partial charge in [0.25, 0.3) is 5.56 Å². The van der Waals surface area contributed by atoms with E-state index in [1.165, 1.54) is 4.52 Å². The Morgan fingerprint density at radius 3 is 2.45 bits per heavy atom. The van der Waals surface area contributed by atoms with E-state index in [0.717, 1.165) is 22.6 Å². The lowest BCUT2D eigenvalue weighted by atomic mass is 10.1. The topological polar surface area (TPSA) is 94.7 Å². The Balaban J connectivity index is 1.73. The van der Waals surface area contributed by atoms with Gasteiger partial charge in [-0.3, -0.25) is 9.89 Å². The predicted molar refractivity (Wildman–Crippen MR) is 117 cm³/mol. The largest absolute Gasteiger partial charge is 0.497 e. The Bertz CT molecular complexity index is 1490. The fourth-order valence-electron chi connectivity index (χ4n) is 3.83. The average molecular weight is 416 g/mol. The number of aryl methyl sites for hydroxylation is 2. The highest BCUT2D eigenvalue weighted by atomic mass is 16.5. The summed E-state index contributed by atoms with van der Waals surface area (Å²) in [5, 5.41) is 3.13. The number of benzene rings is 2. The van der Waals surface area contributed by atoms with E-state index in [1.807, 2.05) is 37.3 Å². The summed E-state index contributed by atoms with van der Waals surface area (Å²) in [5.74, 6) is 1.55. The smallest absolute Gasteiger partial charge is 0.285 e. The van der Waals surface area contributed by atoms with E-state index < -0.39 is 0 Å². The van der Waals surface area contributed by atoms with Crippen molar-refractivity contribution < 1.29 is 13.9 Å². The Kier molecular flexibility index (Phi) is 4.28. The summed E-state index contributed by atoms with van der Waals surface area (Å²) in [6, 6.07) is 13.0. The highest BCUT2D eigenvalue weighted by molar-refractivity contribution is 5.83. The number of aromatic amines is 1. The first-order valence-corrected chi connectivity index (χ1v) is 9.72. The molecule has 2 aromatic carbocycles. The molecule has 0 saturated heterocycles. The van der Waals surface area contributed by atoms with Crippen LogP contribution in [0.5, 0.6) is 11.5 Å². The molecule has 0 aliphatic rings. The lowest BCUT2D eigenvalue weighted by Crippen LogP contribution is -2.19. The maximum atomic E-state index is 13.4. The van der Waals surface area contributed by atoms with Crippen molar-refractivity contribution in [3.8, 4) is 34.1 Å². The molecule has 0 aliphatic heterocycles. The highest BCUT2D eigenvalue weighted by Crippen LogP contribution is 2.32. The number of nitrogens with zero attached hydrogens (tertiary/aromatic N) is 3. The van der Waals surface area contributed by atoms with Crippen molar-refractivity contribution in [2.45, 2.75) is 13.8 Å². The number of oxazole rings is 1. The van der Waals surface area contributed by atoms with Crippen molar-refractivity contribution in [2.75, 3.05) is 14.2 Å². The van der Waals surface area contributed by atoms with Gasteiger partial charge in [-0.15, -0.1) is 0 Å². The van der Waals surface area contributed by atoms with E-state index in [4.69, 9.17) is 18.9 Å². The fourth-order valence-corrected chi connectivity index (χ4v) is 3.83. The SMILES string of the molecule is COc1ccc(-c2c(C)[nH]n3c(=O)c(-c4nc5c(OC)cccc5o4)c(C)nc23)cc1. The molecule has 0 unspecified atom stereocenters. The van der Waals surface area contributed by atoms with E-state index >= 15 is 0 Å². The number of para-hydroxylation sites is 1. The molecule has 31 heavy (non-hydrogen) atoms. The minimum absolute atomic E-state index is 0.210. The van der Waals surface area contributed by atoms with E-state index in [1.54, 1.807) is 33.3 Å². The van der Waals surface area contributed by atoms with Crippen LogP contribution < -0.4 is 15.0 Å². The minimum atomic E-state index is -0.282. The number of hydrogen-bond donors (Lipinski definition) is 1. The summed E-state index contributed by atoms with van der Waals surface area (Å²) < 4.78 is 17.9. The lowest BCUT2D eigenvalue weighted by Gasteiger charge is -2.05. The summed E-state index contributed by atoms with van der Waals surface area (Å²) in [6.45, 7) is 3.69. The molecule has 5 rings (SSSR count). The standard InChI is InChI=1S/C23H20N4O4/c1-12-19(22-25-20-16(30-4)6-5-7-17(20)31-22)23(28)27-21(24-12)18(13(2)26-27)14-8-10-15(29-3)11-9-14/h5-11,26H,1-4H3. The van der Waals surface area contributed by atoms with E-state index in [-0.39, 0.29) is 11.4 Å². The molecule has 8 nitrogen and oxygen atoms in total. The Morgan fingerprint density at radius 2 is 1.74 bits per heavy atom. The summed E-state index contributed by atoms with van der Waals surface area (Å²) in [7, 11) is 3.19. The summed E-state index contributed by atoms with van der Waals surface area (Å²) >= 11 is 0. The molecule has 0 atom stereocenters. The van der Waals surface area contributed by atoms with E-state index in [2.05, 4.69) is 10.1 Å². The van der Waals surface area contributed by atoms with Crippen molar-refractivity contribution in [2.24, 2.45) is 0 Å². The van der Waals surface area contributed by atoms with Crippen LogP contribution in [0.1, 0.15) is 11.4 Å². The van der Waals surface area contributed by atoms with Gasteiger partial charge in [0.2, 0.25) is 5.89 Å². The van der Waals surface area contributed by atoms with Crippen LogP contribution in [0.15, 0.2) is 51.7 Å². The van der Waals surface area contributed by atoms with Crippen LogP contribution in [0.2, 0.25) is 0 Å². The third-order valence-electron chi connectivity index (χ3n) is 5.34. The molecule has 5 aromatic rings. The number of rotatable bonds is 4. The normalized spacial score (nSPS) is 11.4. The number of nitrogens with one attached hydrogen (secondary N) is 1. The van der Waals surface area contributed by atoms with Crippen LogP contribution in [0.3, 0.4) is 0 Å². The maximum Gasteiger partial charge on any atom is 0.285 e. The lowest BCUT2D eigenvalue weighted by molar-refractivity contribution is 0.415. The zero-order chi connectivity index (χ0) is 21.7. The van der Waals surface area contributed by atoms with Gasteiger partial charge in [0.15, 0.2) is 16.7 Å².